The lowest BCUT2D eigenvalue weighted by Crippen LogP contribution is -2.32. The summed E-state index contributed by atoms with van der Waals surface area (Å²) in [6.45, 7) is 15.2. The van der Waals surface area contributed by atoms with Crippen molar-refractivity contribution in [1.82, 2.24) is 0 Å². The highest BCUT2D eigenvalue weighted by molar-refractivity contribution is 5.88. The minimum absolute atomic E-state index is 0.0883. The van der Waals surface area contributed by atoms with Gasteiger partial charge in [0.15, 0.2) is 0 Å². The Bertz CT molecular complexity index is 857. The number of fused-ring (bicyclic) bond motifs is 1. The van der Waals surface area contributed by atoms with Crippen molar-refractivity contribution >= 4 is 5.71 Å². The average Bonchev–Trinajstić information content (AvgIpc) is 3.09. The van der Waals surface area contributed by atoms with E-state index < -0.39 is 12.2 Å². The minimum atomic E-state index is -0.634. The van der Waals surface area contributed by atoms with Crippen molar-refractivity contribution in [2.45, 2.75) is 105 Å². The molecule has 0 spiro atoms. The standard InChI is InChI=1S/C29H45NO3/c1-19(9-7-11-27(30-33)28(3,4)5)24-14-15-25-21(10-8-16-29(24,25)6)12-13-22-17-23(31)18-26(32)20(22)2/h12-14,19,23,25-26,31-33H,2,7-11,15-18H2,1,3-6H3/b21-12+,22-13-,30-27-/t19-,23+,25+,26-,29-/m1/s1. The van der Waals surface area contributed by atoms with Crippen LogP contribution in [0.1, 0.15) is 92.4 Å². The van der Waals surface area contributed by atoms with E-state index in [0.29, 0.717) is 24.7 Å². The molecule has 0 heterocycles. The van der Waals surface area contributed by atoms with Crippen LogP contribution in [0, 0.1) is 22.7 Å². The zero-order chi connectivity index (χ0) is 24.4. The van der Waals surface area contributed by atoms with E-state index in [0.717, 1.165) is 49.0 Å². The molecule has 5 atom stereocenters. The molecule has 4 nitrogen and oxygen atoms in total. The Morgan fingerprint density at radius 2 is 2.03 bits per heavy atom. The normalized spacial score (nSPS) is 34.5. The van der Waals surface area contributed by atoms with Crippen molar-refractivity contribution in [3.63, 3.8) is 0 Å². The number of nitrogens with zero attached hydrogens (tertiary/aromatic N) is 1. The summed E-state index contributed by atoms with van der Waals surface area (Å²) in [5.74, 6) is 1.07. The van der Waals surface area contributed by atoms with Crippen LogP contribution in [0.3, 0.4) is 0 Å². The van der Waals surface area contributed by atoms with Gasteiger partial charge in [-0.25, -0.2) is 0 Å². The van der Waals surface area contributed by atoms with Gasteiger partial charge in [0.1, 0.15) is 0 Å². The first-order valence-corrected chi connectivity index (χ1v) is 12.8. The van der Waals surface area contributed by atoms with Crippen molar-refractivity contribution in [3.8, 4) is 0 Å². The van der Waals surface area contributed by atoms with Crippen molar-refractivity contribution in [3.05, 3.63) is 47.1 Å². The van der Waals surface area contributed by atoms with Crippen molar-refractivity contribution in [2.24, 2.45) is 27.8 Å². The van der Waals surface area contributed by atoms with Gasteiger partial charge in [-0.2, -0.15) is 0 Å². The lowest BCUT2D eigenvalue weighted by atomic mass is 9.62. The van der Waals surface area contributed by atoms with Crippen molar-refractivity contribution < 1.29 is 15.4 Å². The topological polar surface area (TPSA) is 73.1 Å². The zero-order valence-electron chi connectivity index (χ0n) is 21.4. The van der Waals surface area contributed by atoms with E-state index in [2.05, 4.69) is 64.6 Å². The fourth-order valence-corrected chi connectivity index (χ4v) is 6.39. The molecule has 33 heavy (non-hydrogen) atoms. The summed E-state index contributed by atoms with van der Waals surface area (Å²) in [6.07, 6.45) is 14.4. The Hall–Kier alpha value is -1.65. The third-order valence-electron chi connectivity index (χ3n) is 8.44. The molecule has 0 aromatic rings. The van der Waals surface area contributed by atoms with E-state index >= 15 is 0 Å². The molecule has 0 aliphatic heterocycles. The summed E-state index contributed by atoms with van der Waals surface area (Å²) in [5, 5.41) is 33.2. The molecule has 0 aromatic carbocycles. The third kappa shape index (κ3) is 5.71. The molecule has 0 unspecified atom stereocenters. The van der Waals surface area contributed by atoms with E-state index in [-0.39, 0.29) is 10.8 Å². The number of allylic oxidation sites excluding steroid dienone is 5. The van der Waals surface area contributed by atoms with Crippen LogP contribution < -0.4 is 0 Å². The number of hydrogen-bond donors (Lipinski definition) is 3. The van der Waals surface area contributed by atoms with E-state index in [4.69, 9.17) is 0 Å². The van der Waals surface area contributed by atoms with Crippen molar-refractivity contribution in [1.29, 1.82) is 0 Å². The van der Waals surface area contributed by atoms with Gasteiger partial charge < -0.3 is 15.4 Å². The Morgan fingerprint density at radius 3 is 2.70 bits per heavy atom. The summed E-state index contributed by atoms with van der Waals surface area (Å²) in [5.41, 5.74) is 5.86. The maximum absolute atomic E-state index is 10.2. The van der Waals surface area contributed by atoms with E-state index in [1.807, 2.05) is 0 Å². The van der Waals surface area contributed by atoms with E-state index in [1.54, 1.807) is 5.57 Å². The monoisotopic (exact) mass is 455 g/mol. The van der Waals surface area contributed by atoms with Gasteiger partial charge in [0.05, 0.1) is 17.9 Å². The fourth-order valence-electron chi connectivity index (χ4n) is 6.39. The van der Waals surface area contributed by atoms with Crippen LogP contribution >= 0.6 is 0 Å². The Labute approximate surface area is 200 Å². The highest BCUT2D eigenvalue weighted by Gasteiger charge is 2.45. The second-order valence-corrected chi connectivity index (χ2v) is 11.9. The maximum atomic E-state index is 10.2. The Balaban J connectivity index is 1.68. The first-order valence-electron chi connectivity index (χ1n) is 12.8. The summed E-state index contributed by atoms with van der Waals surface area (Å²) in [7, 11) is 0. The minimum Gasteiger partial charge on any atom is -0.411 e. The van der Waals surface area contributed by atoms with Crippen LogP contribution in [0.2, 0.25) is 0 Å². The van der Waals surface area contributed by atoms with Gasteiger partial charge in [0.25, 0.3) is 0 Å². The Morgan fingerprint density at radius 1 is 1.30 bits per heavy atom. The molecule has 0 radical (unpaired) electrons. The molecule has 2 saturated carbocycles. The fraction of sp³-hybridized carbons (Fsp3) is 0.690. The number of aliphatic hydroxyl groups is 2. The van der Waals surface area contributed by atoms with Crippen LogP contribution in [0.4, 0.5) is 0 Å². The lowest BCUT2D eigenvalue weighted by Gasteiger charge is -2.42. The molecule has 0 bridgehead atoms. The summed E-state index contributed by atoms with van der Waals surface area (Å²) in [4.78, 5) is 0. The third-order valence-corrected chi connectivity index (χ3v) is 8.44. The molecule has 2 fully saturated rings. The molecule has 0 aromatic heterocycles. The summed E-state index contributed by atoms with van der Waals surface area (Å²) in [6, 6.07) is 0. The average molecular weight is 456 g/mol. The smallest absolute Gasteiger partial charge is 0.0811 e. The number of hydrogen-bond acceptors (Lipinski definition) is 4. The molecule has 3 aliphatic rings. The lowest BCUT2D eigenvalue weighted by molar-refractivity contribution is 0.0862. The molecular formula is C29H45NO3. The summed E-state index contributed by atoms with van der Waals surface area (Å²) < 4.78 is 0. The van der Waals surface area contributed by atoms with Crippen LogP contribution in [0.15, 0.2) is 52.3 Å². The second kappa shape index (κ2) is 10.3. The summed E-state index contributed by atoms with van der Waals surface area (Å²) >= 11 is 0. The van der Waals surface area contributed by atoms with Gasteiger partial charge in [0, 0.05) is 11.8 Å². The predicted octanol–water partition coefficient (Wildman–Crippen LogP) is 6.73. The Kier molecular flexibility index (Phi) is 8.11. The molecule has 0 amide bonds. The van der Waals surface area contributed by atoms with Crippen LogP contribution in [-0.2, 0) is 0 Å². The van der Waals surface area contributed by atoms with Gasteiger partial charge in [-0.15, -0.1) is 0 Å². The van der Waals surface area contributed by atoms with Crippen LogP contribution in [0.25, 0.3) is 0 Å². The molecule has 0 saturated heterocycles. The van der Waals surface area contributed by atoms with Crippen LogP contribution in [0.5, 0.6) is 0 Å². The predicted molar refractivity (Wildman–Crippen MR) is 136 cm³/mol. The molecule has 3 N–H and O–H groups in total. The van der Waals surface area contributed by atoms with E-state index in [1.165, 1.54) is 18.4 Å². The second-order valence-electron chi connectivity index (χ2n) is 11.9. The number of rotatable bonds is 6. The maximum Gasteiger partial charge on any atom is 0.0811 e. The highest BCUT2D eigenvalue weighted by atomic mass is 16.4. The van der Waals surface area contributed by atoms with Crippen LogP contribution in [-0.4, -0.2) is 33.3 Å². The van der Waals surface area contributed by atoms with Gasteiger partial charge in [-0.1, -0.05) is 75.7 Å². The molecule has 3 aliphatic carbocycles. The zero-order valence-corrected chi connectivity index (χ0v) is 21.4. The molecule has 184 valence electrons. The highest BCUT2D eigenvalue weighted by Crippen LogP contribution is 2.57. The molecule has 4 heteroatoms. The SMILES string of the molecule is C=C1/C(=C\C=C2/CCC[C@]3(C)C([C@H](C)CCC/C(=N/O)C(C)(C)C)=CC[C@@H]23)C[C@H](O)C[C@H]1O. The van der Waals surface area contributed by atoms with Gasteiger partial charge in [-0.3, -0.25) is 0 Å². The van der Waals surface area contributed by atoms with Gasteiger partial charge in [0.2, 0.25) is 0 Å². The van der Waals surface area contributed by atoms with E-state index in [9.17, 15) is 15.4 Å². The van der Waals surface area contributed by atoms with Crippen molar-refractivity contribution in [2.75, 3.05) is 0 Å². The van der Waals surface area contributed by atoms with Gasteiger partial charge in [-0.05, 0) is 79.8 Å². The first-order chi connectivity index (χ1) is 15.5. The molecule has 3 rings (SSSR count). The first kappa shape index (κ1) is 26.0. The number of oxime groups is 1. The van der Waals surface area contributed by atoms with Gasteiger partial charge >= 0.3 is 0 Å². The quantitative estimate of drug-likeness (QED) is 0.180. The largest absolute Gasteiger partial charge is 0.411 e. The number of aliphatic hydroxyl groups excluding tert-OH is 2. The molecular weight excluding hydrogens is 410 g/mol.